The molecule has 2 N–H and O–H groups in total. The number of anilines is 2. The van der Waals surface area contributed by atoms with Gasteiger partial charge < -0.3 is 19.3 Å². The number of unbranched alkanes of at least 4 members (excludes halogenated alkanes) is 5. The van der Waals surface area contributed by atoms with Crippen molar-refractivity contribution in [3.8, 4) is 12.3 Å². The van der Waals surface area contributed by atoms with Gasteiger partial charge in [-0.1, -0.05) is 174 Å². The highest BCUT2D eigenvalue weighted by Crippen LogP contribution is 2.50. The van der Waals surface area contributed by atoms with E-state index in [-0.39, 0.29) is 22.8 Å². The van der Waals surface area contributed by atoms with Crippen molar-refractivity contribution < 1.29 is 8.98 Å². The molecule has 0 saturated carbocycles. The number of carbonyl (C=O) groups is 1. The lowest BCUT2D eigenvalue weighted by molar-refractivity contribution is 0.0952. The SMILES string of the molecule is C#C/C(=C\C=C/C)C(NCCCCCCNC(=O)c1ccc(SC2=C(/C=C/C3N(CCCCS)c4ccccc4C3(C)C)CCC/C2=C\C=C2\N(CCCCOS)c3ccccc3C2(C)C)cc1)(C1=CC=CCC1)c1ccccc1. The van der Waals surface area contributed by atoms with E-state index in [4.69, 9.17) is 10.6 Å². The molecule has 4 aromatic rings. The van der Waals surface area contributed by atoms with Crippen molar-refractivity contribution in [1.82, 2.24) is 10.6 Å². The molecule has 2 aliphatic carbocycles. The minimum absolute atomic E-state index is 0.0323. The highest BCUT2D eigenvalue weighted by molar-refractivity contribution is 8.03. The third-order valence-corrected chi connectivity index (χ3v) is 18.4. The Hall–Kier alpha value is -5.60. The number of fused-ring (bicyclic) bond motifs is 2. The summed E-state index contributed by atoms with van der Waals surface area (Å²) in [6, 6.07) is 37.0. The summed E-state index contributed by atoms with van der Waals surface area (Å²) in [5.41, 5.74) is 12.7. The van der Waals surface area contributed by atoms with Gasteiger partial charge in [-0.25, -0.2) is 0 Å². The molecule has 1 amide bonds. The molecule has 8 rings (SSSR count). The minimum Gasteiger partial charge on any atom is -0.364 e. The molecule has 0 aromatic heterocycles. The van der Waals surface area contributed by atoms with Crippen LogP contribution in [0.25, 0.3) is 0 Å². The fourth-order valence-corrected chi connectivity index (χ4v) is 13.9. The van der Waals surface area contributed by atoms with E-state index >= 15 is 0 Å². The molecule has 420 valence electrons. The summed E-state index contributed by atoms with van der Waals surface area (Å²) in [4.78, 5) is 21.3. The molecule has 0 saturated heterocycles. The number of terminal acetylenes is 1. The number of thiol groups is 2. The monoisotopic (exact) mass is 1120 g/mol. The van der Waals surface area contributed by atoms with Crippen molar-refractivity contribution in [2.45, 2.75) is 145 Å². The lowest BCUT2D eigenvalue weighted by Crippen LogP contribution is -2.46. The molecule has 0 fully saturated rings. The van der Waals surface area contributed by atoms with Gasteiger partial charge in [0.05, 0.1) is 18.2 Å². The second-order valence-electron chi connectivity index (χ2n) is 22.7. The molecular weight excluding hydrogens is 1040 g/mol. The van der Waals surface area contributed by atoms with Crippen molar-refractivity contribution in [2.24, 2.45) is 0 Å². The molecule has 80 heavy (non-hydrogen) atoms. The molecule has 2 aliphatic heterocycles. The van der Waals surface area contributed by atoms with Crippen LogP contribution in [0.2, 0.25) is 0 Å². The van der Waals surface area contributed by atoms with Gasteiger partial charge in [0.1, 0.15) is 0 Å². The fraction of sp³-hybridized carbons (Fsp3) is 0.394. The van der Waals surface area contributed by atoms with Gasteiger partial charge in [0.2, 0.25) is 0 Å². The highest BCUT2D eigenvalue weighted by atomic mass is 32.2. The van der Waals surface area contributed by atoms with Crippen LogP contribution in [0.4, 0.5) is 11.4 Å². The summed E-state index contributed by atoms with van der Waals surface area (Å²) < 4.78 is 5.15. The normalized spacial score (nSPS) is 19.4. The lowest BCUT2D eigenvalue weighted by atomic mass is 9.73. The Labute approximate surface area is 496 Å². The Morgan fingerprint density at radius 2 is 1.55 bits per heavy atom. The maximum Gasteiger partial charge on any atom is 0.251 e. The predicted molar refractivity (Wildman–Crippen MR) is 348 cm³/mol. The zero-order valence-corrected chi connectivity index (χ0v) is 50.8. The third-order valence-electron chi connectivity index (χ3n) is 16.7. The van der Waals surface area contributed by atoms with Crippen molar-refractivity contribution in [2.75, 3.05) is 48.3 Å². The summed E-state index contributed by atoms with van der Waals surface area (Å²) in [5.74, 6) is 3.93. The smallest absolute Gasteiger partial charge is 0.251 e. The van der Waals surface area contributed by atoms with Gasteiger partial charge >= 0.3 is 0 Å². The van der Waals surface area contributed by atoms with Crippen LogP contribution in [-0.2, 0) is 20.6 Å². The first-order valence-corrected chi connectivity index (χ1v) is 31.3. The number of rotatable bonds is 27. The molecule has 2 heterocycles. The second-order valence-corrected chi connectivity index (χ2v) is 24.5. The summed E-state index contributed by atoms with van der Waals surface area (Å²) in [6.07, 6.45) is 42.0. The standard InChI is InChI=1S/C71H86N4O2S3/c1-7-9-31-57(8-2)71(58-32-14-12-15-33-58,59-34-16-13-17-35-59)73-49-23-11-10-22-48-72-68(76)56-40-44-60(45-41-56)80-67-54(42-46-65-69(3,4)61-36-18-20-38-63(61)74(65)50-24-26-52-77-79)29-28-30-55(67)43-47-66-70(5,6)62-37-19-21-39-64(62)75(66)51-25-27-53-78/h2,7,9,12-16,18-21,31-34,36-47,66,73,78-79H,10-11,17,22-30,35,48-53H2,1,3-6H3,(H,72,76)/b9-7-,47-43+,54-42+,57-31+,65-46+. The Morgan fingerprint density at radius 1 is 0.825 bits per heavy atom. The van der Waals surface area contributed by atoms with Gasteiger partial charge in [-0.15, -0.1) is 6.42 Å². The van der Waals surface area contributed by atoms with Crippen LogP contribution in [0.15, 0.2) is 202 Å². The van der Waals surface area contributed by atoms with E-state index in [2.05, 4.69) is 219 Å². The van der Waals surface area contributed by atoms with Gasteiger partial charge in [-0.05, 0) is 185 Å². The van der Waals surface area contributed by atoms with Crippen molar-refractivity contribution in [3.05, 3.63) is 219 Å². The van der Waals surface area contributed by atoms with Crippen LogP contribution in [0.3, 0.4) is 0 Å². The Morgan fingerprint density at radius 3 is 2.27 bits per heavy atom. The van der Waals surface area contributed by atoms with E-state index in [0.717, 1.165) is 125 Å². The first-order valence-electron chi connectivity index (χ1n) is 29.5. The molecule has 0 radical (unpaired) electrons. The summed E-state index contributed by atoms with van der Waals surface area (Å²) in [6.45, 7) is 15.6. The number of hydrogen-bond donors (Lipinski definition) is 4. The van der Waals surface area contributed by atoms with Gasteiger partial charge in [-0.2, -0.15) is 12.6 Å². The van der Waals surface area contributed by atoms with Crippen LogP contribution < -0.4 is 20.4 Å². The summed E-state index contributed by atoms with van der Waals surface area (Å²) >= 11 is 10.4. The highest BCUT2D eigenvalue weighted by Gasteiger charge is 2.43. The third kappa shape index (κ3) is 14.2. The quantitative estimate of drug-likeness (QED) is 0.0157. The van der Waals surface area contributed by atoms with Crippen molar-refractivity contribution in [1.29, 1.82) is 0 Å². The van der Waals surface area contributed by atoms with E-state index in [0.29, 0.717) is 18.7 Å². The van der Waals surface area contributed by atoms with E-state index < -0.39 is 5.54 Å². The molecule has 2 atom stereocenters. The summed E-state index contributed by atoms with van der Waals surface area (Å²) in [7, 11) is 0. The van der Waals surface area contributed by atoms with Crippen molar-refractivity contribution in [3.63, 3.8) is 0 Å². The molecule has 4 aromatic carbocycles. The second kappa shape index (κ2) is 29.4. The van der Waals surface area contributed by atoms with Crippen LogP contribution >= 0.6 is 37.3 Å². The average Bonchev–Trinajstić information content (AvgIpc) is 4.06. The number of thioether (sulfide) groups is 1. The van der Waals surface area contributed by atoms with Gasteiger partial charge in [0, 0.05) is 68.5 Å². The van der Waals surface area contributed by atoms with Crippen LogP contribution in [0.5, 0.6) is 0 Å². The average molecular weight is 1120 g/mol. The molecular formula is C71H86N4O2S3. The van der Waals surface area contributed by atoms with Gasteiger partial charge in [0.15, 0.2) is 0 Å². The first-order chi connectivity index (χ1) is 39.0. The number of nitrogens with one attached hydrogen (secondary N) is 2. The fourth-order valence-electron chi connectivity index (χ4n) is 12.4. The first kappa shape index (κ1) is 60.5. The number of carbonyl (C=O) groups excluding carboxylic acids is 1. The van der Waals surface area contributed by atoms with Crippen LogP contribution in [0.1, 0.15) is 145 Å². The number of benzene rings is 4. The summed E-state index contributed by atoms with van der Waals surface area (Å²) in [5, 5.41) is 7.20. The predicted octanol–water partition coefficient (Wildman–Crippen LogP) is 17.1. The number of allylic oxidation sites excluding steroid dienone is 12. The van der Waals surface area contributed by atoms with Crippen LogP contribution in [-0.4, -0.2) is 50.5 Å². The molecule has 4 aliphatic rings. The molecule has 2 unspecified atom stereocenters. The van der Waals surface area contributed by atoms with E-state index in [1.807, 2.05) is 43.0 Å². The van der Waals surface area contributed by atoms with Gasteiger partial charge in [0.25, 0.3) is 5.91 Å². The van der Waals surface area contributed by atoms with Gasteiger partial charge in [-0.3, -0.25) is 10.1 Å². The topological polar surface area (TPSA) is 56.8 Å². The van der Waals surface area contributed by atoms with E-state index in [9.17, 15) is 4.79 Å². The number of para-hydroxylation sites is 2. The largest absolute Gasteiger partial charge is 0.364 e. The van der Waals surface area contributed by atoms with Crippen LogP contribution in [0, 0.1) is 12.3 Å². The Kier molecular flexibility index (Phi) is 22.2. The van der Waals surface area contributed by atoms with Crippen molar-refractivity contribution >= 4 is 54.6 Å². The zero-order valence-electron chi connectivity index (χ0n) is 48.2. The zero-order chi connectivity index (χ0) is 56.4. The maximum atomic E-state index is 13.7. The lowest BCUT2D eigenvalue weighted by Gasteiger charge is -2.39. The molecule has 0 spiro atoms. The Bertz CT molecular complexity index is 3020. The number of amides is 1. The molecule has 9 heteroatoms. The Balaban J connectivity index is 0.970. The molecule has 0 bridgehead atoms. The molecule has 6 nitrogen and oxygen atoms in total. The maximum absolute atomic E-state index is 13.7. The van der Waals surface area contributed by atoms with E-state index in [1.54, 1.807) is 0 Å². The number of hydrogen-bond acceptors (Lipinski definition) is 8. The number of nitrogens with zero attached hydrogens (tertiary/aromatic N) is 2. The minimum atomic E-state index is -0.578. The van der Waals surface area contributed by atoms with E-state index in [1.165, 1.54) is 49.8 Å².